The average Bonchev–Trinajstić information content (AvgIpc) is 2.67. The van der Waals surface area contributed by atoms with E-state index in [1.807, 2.05) is 50.2 Å². The number of hydrogen-bond acceptors (Lipinski definition) is 5. The summed E-state index contributed by atoms with van der Waals surface area (Å²) < 4.78 is 10.5. The summed E-state index contributed by atoms with van der Waals surface area (Å²) >= 11 is 0. The largest absolute Gasteiger partial charge is 0.483 e. The van der Waals surface area contributed by atoms with Crippen LogP contribution in [-0.2, 0) is 9.53 Å². The SMILES string of the molecule is COC(=O)c1cc(OCC(=O)Nc2ccccc2C)c2cc(C)ccc2n1. The highest BCUT2D eigenvalue weighted by atomic mass is 16.5. The van der Waals surface area contributed by atoms with E-state index < -0.39 is 5.97 Å². The summed E-state index contributed by atoms with van der Waals surface area (Å²) in [4.78, 5) is 28.4. The van der Waals surface area contributed by atoms with Gasteiger partial charge in [0.1, 0.15) is 5.75 Å². The van der Waals surface area contributed by atoms with Crippen molar-refractivity contribution >= 4 is 28.5 Å². The maximum absolute atomic E-state index is 12.3. The lowest BCUT2D eigenvalue weighted by Crippen LogP contribution is -2.21. The zero-order valence-electron chi connectivity index (χ0n) is 15.4. The molecule has 1 aromatic heterocycles. The number of rotatable bonds is 5. The van der Waals surface area contributed by atoms with E-state index in [-0.39, 0.29) is 18.2 Å². The van der Waals surface area contributed by atoms with Crippen LogP contribution in [0, 0.1) is 13.8 Å². The molecule has 0 radical (unpaired) electrons. The van der Waals surface area contributed by atoms with Crippen LogP contribution in [0.15, 0.2) is 48.5 Å². The van der Waals surface area contributed by atoms with E-state index in [4.69, 9.17) is 9.47 Å². The van der Waals surface area contributed by atoms with Gasteiger partial charge >= 0.3 is 5.97 Å². The molecule has 3 aromatic rings. The van der Waals surface area contributed by atoms with E-state index in [1.54, 1.807) is 6.07 Å². The fraction of sp³-hybridized carbons (Fsp3) is 0.190. The Bertz CT molecular complexity index is 1010. The van der Waals surface area contributed by atoms with Gasteiger partial charge in [-0.2, -0.15) is 0 Å². The zero-order valence-corrected chi connectivity index (χ0v) is 15.4. The molecule has 0 aliphatic rings. The molecule has 0 spiro atoms. The Labute approximate surface area is 157 Å². The Morgan fingerprint density at radius 1 is 1.07 bits per heavy atom. The first kappa shape index (κ1) is 18.4. The van der Waals surface area contributed by atoms with Crippen LogP contribution < -0.4 is 10.1 Å². The Kier molecular flexibility index (Phi) is 5.35. The number of benzene rings is 2. The van der Waals surface area contributed by atoms with Crippen LogP contribution in [0.3, 0.4) is 0 Å². The molecule has 0 atom stereocenters. The highest BCUT2D eigenvalue weighted by Crippen LogP contribution is 2.27. The molecule has 138 valence electrons. The van der Waals surface area contributed by atoms with Gasteiger partial charge in [-0.25, -0.2) is 9.78 Å². The van der Waals surface area contributed by atoms with Crippen LogP contribution >= 0.6 is 0 Å². The van der Waals surface area contributed by atoms with Crippen molar-refractivity contribution < 1.29 is 19.1 Å². The molecule has 6 nitrogen and oxygen atoms in total. The number of pyridine rings is 1. The van der Waals surface area contributed by atoms with E-state index in [0.29, 0.717) is 11.3 Å². The number of methoxy groups -OCH3 is 1. The van der Waals surface area contributed by atoms with Gasteiger partial charge in [0, 0.05) is 17.1 Å². The third-order valence-corrected chi connectivity index (χ3v) is 4.10. The Morgan fingerprint density at radius 3 is 2.59 bits per heavy atom. The van der Waals surface area contributed by atoms with Gasteiger partial charge in [0.05, 0.1) is 12.6 Å². The van der Waals surface area contributed by atoms with Gasteiger partial charge < -0.3 is 14.8 Å². The monoisotopic (exact) mass is 364 g/mol. The first-order chi connectivity index (χ1) is 13.0. The third kappa shape index (κ3) is 4.23. The summed E-state index contributed by atoms with van der Waals surface area (Å²) in [6, 6.07) is 14.6. The molecule has 0 aliphatic carbocycles. The summed E-state index contributed by atoms with van der Waals surface area (Å²) in [5.41, 5.74) is 3.44. The highest BCUT2D eigenvalue weighted by molar-refractivity contribution is 5.95. The van der Waals surface area contributed by atoms with Gasteiger partial charge in [-0.3, -0.25) is 4.79 Å². The van der Waals surface area contributed by atoms with Gasteiger partial charge in [-0.1, -0.05) is 29.8 Å². The van der Waals surface area contributed by atoms with E-state index >= 15 is 0 Å². The molecule has 3 rings (SSSR count). The fourth-order valence-corrected chi connectivity index (χ4v) is 2.68. The van der Waals surface area contributed by atoms with Crippen LogP contribution in [0.4, 0.5) is 5.69 Å². The number of nitrogens with zero attached hydrogens (tertiary/aromatic N) is 1. The zero-order chi connectivity index (χ0) is 19.4. The second-order valence-electron chi connectivity index (χ2n) is 6.17. The number of carbonyl (C=O) groups is 2. The molecule has 0 saturated carbocycles. The quantitative estimate of drug-likeness (QED) is 0.699. The van der Waals surface area contributed by atoms with Gasteiger partial charge in [0.25, 0.3) is 5.91 Å². The molecule has 1 heterocycles. The minimum Gasteiger partial charge on any atom is -0.483 e. The predicted molar refractivity (Wildman–Crippen MR) is 103 cm³/mol. The molecule has 0 saturated heterocycles. The predicted octanol–water partition coefficient (Wildman–Crippen LogP) is 3.66. The maximum Gasteiger partial charge on any atom is 0.356 e. The lowest BCUT2D eigenvalue weighted by Gasteiger charge is -2.12. The summed E-state index contributed by atoms with van der Waals surface area (Å²) in [6.07, 6.45) is 0. The van der Waals surface area contributed by atoms with Gasteiger partial charge in [0.2, 0.25) is 0 Å². The van der Waals surface area contributed by atoms with Crippen molar-refractivity contribution in [1.82, 2.24) is 4.98 Å². The summed E-state index contributed by atoms with van der Waals surface area (Å²) in [6.45, 7) is 3.67. The highest BCUT2D eigenvalue weighted by Gasteiger charge is 2.15. The summed E-state index contributed by atoms with van der Waals surface area (Å²) in [5.74, 6) is -0.447. The first-order valence-corrected chi connectivity index (χ1v) is 8.46. The average molecular weight is 364 g/mol. The van der Waals surface area contributed by atoms with E-state index in [9.17, 15) is 9.59 Å². The van der Waals surface area contributed by atoms with Crippen LogP contribution in [0.2, 0.25) is 0 Å². The van der Waals surface area contributed by atoms with E-state index in [0.717, 1.165) is 22.2 Å². The van der Waals surface area contributed by atoms with Crippen LogP contribution in [0.1, 0.15) is 21.6 Å². The molecule has 0 unspecified atom stereocenters. The minimum atomic E-state index is -0.563. The molecule has 1 N–H and O–H groups in total. The molecule has 6 heteroatoms. The second kappa shape index (κ2) is 7.86. The first-order valence-electron chi connectivity index (χ1n) is 8.46. The van der Waals surface area contributed by atoms with Crippen molar-refractivity contribution in [3.63, 3.8) is 0 Å². The van der Waals surface area contributed by atoms with Crippen LogP contribution in [-0.4, -0.2) is 30.6 Å². The number of esters is 1. The molecule has 0 bridgehead atoms. The number of fused-ring (bicyclic) bond motifs is 1. The maximum atomic E-state index is 12.3. The van der Waals surface area contributed by atoms with Crippen molar-refractivity contribution in [1.29, 1.82) is 0 Å². The smallest absolute Gasteiger partial charge is 0.356 e. The number of aryl methyl sites for hydroxylation is 2. The van der Waals surface area contributed by atoms with Gasteiger partial charge in [-0.15, -0.1) is 0 Å². The molecule has 1 amide bonds. The molecular weight excluding hydrogens is 344 g/mol. The van der Waals surface area contributed by atoms with E-state index in [2.05, 4.69) is 10.3 Å². The van der Waals surface area contributed by atoms with Crippen LogP contribution in [0.25, 0.3) is 10.9 Å². The number of anilines is 1. The minimum absolute atomic E-state index is 0.128. The third-order valence-electron chi connectivity index (χ3n) is 4.10. The van der Waals surface area contributed by atoms with Crippen LogP contribution in [0.5, 0.6) is 5.75 Å². The number of carbonyl (C=O) groups excluding carboxylic acids is 2. The molecule has 0 fully saturated rings. The van der Waals surface area contributed by atoms with Crippen molar-refractivity contribution in [3.8, 4) is 5.75 Å². The van der Waals surface area contributed by atoms with Crippen molar-refractivity contribution in [2.24, 2.45) is 0 Å². The Balaban J connectivity index is 1.84. The lowest BCUT2D eigenvalue weighted by molar-refractivity contribution is -0.118. The number of nitrogens with one attached hydrogen (secondary N) is 1. The topological polar surface area (TPSA) is 77.5 Å². The molecule has 2 aromatic carbocycles. The number of para-hydroxylation sites is 1. The number of aromatic nitrogens is 1. The standard InChI is InChI=1S/C21H20N2O4/c1-13-8-9-17-15(10-13)19(11-18(22-17)21(25)26-3)27-12-20(24)23-16-7-5-4-6-14(16)2/h4-11H,12H2,1-3H3,(H,23,24). The lowest BCUT2D eigenvalue weighted by atomic mass is 10.1. The second-order valence-corrected chi connectivity index (χ2v) is 6.17. The van der Waals surface area contributed by atoms with Gasteiger partial charge in [0.15, 0.2) is 12.3 Å². The molecule has 27 heavy (non-hydrogen) atoms. The van der Waals surface area contributed by atoms with Crippen molar-refractivity contribution in [2.75, 3.05) is 19.0 Å². The Morgan fingerprint density at radius 2 is 1.85 bits per heavy atom. The number of ether oxygens (including phenoxy) is 2. The molecule has 0 aliphatic heterocycles. The number of amides is 1. The van der Waals surface area contributed by atoms with E-state index in [1.165, 1.54) is 13.2 Å². The van der Waals surface area contributed by atoms with Crippen molar-refractivity contribution in [3.05, 3.63) is 65.4 Å². The number of hydrogen-bond donors (Lipinski definition) is 1. The van der Waals surface area contributed by atoms with Gasteiger partial charge in [-0.05, 0) is 37.6 Å². The summed E-state index contributed by atoms with van der Waals surface area (Å²) in [5, 5.41) is 3.55. The fourth-order valence-electron chi connectivity index (χ4n) is 2.68. The summed E-state index contributed by atoms with van der Waals surface area (Å²) in [7, 11) is 1.29. The van der Waals surface area contributed by atoms with Crippen molar-refractivity contribution in [2.45, 2.75) is 13.8 Å². The molecular formula is C21H20N2O4. The Hall–Kier alpha value is -3.41. The normalized spacial score (nSPS) is 10.5.